The van der Waals surface area contributed by atoms with Crippen LogP contribution in [0.1, 0.15) is 20.3 Å². The molecule has 0 spiro atoms. The average molecular weight is 374 g/mol. The highest BCUT2D eigenvalue weighted by molar-refractivity contribution is 7.94. The van der Waals surface area contributed by atoms with Gasteiger partial charge in [0, 0.05) is 6.04 Å². The van der Waals surface area contributed by atoms with Crippen LogP contribution < -0.4 is 9.21 Å². The summed E-state index contributed by atoms with van der Waals surface area (Å²) in [5.41, 5.74) is 1.46. The first-order valence-corrected chi connectivity index (χ1v) is 10.4. The summed E-state index contributed by atoms with van der Waals surface area (Å²) in [7, 11) is -3.64. The molecule has 1 aliphatic heterocycles. The number of thiophene rings is 1. The van der Waals surface area contributed by atoms with E-state index in [0.717, 1.165) is 11.9 Å². The van der Waals surface area contributed by atoms with Crippen LogP contribution in [-0.4, -0.2) is 31.1 Å². The molecule has 1 atom stereocenters. The zero-order valence-corrected chi connectivity index (χ0v) is 15.6. The number of anilines is 2. The molecule has 0 unspecified atom stereocenters. The van der Waals surface area contributed by atoms with Crippen molar-refractivity contribution >= 4 is 44.0 Å². The Labute approximate surface area is 150 Å². The number of nitrogens with zero attached hydrogens (tertiary/aromatic N) is 4. The Kier molecular flexibility index (Phi) is 3.88. The second-order valence-electron chi connectivity index (χ2n) is 6.01. The minimum atomic E-state index is -3.64. The summed E-state index contributed by atoms with van der Waals surface area (Å²) in [6.45, 7) is 4.39. The largest absolute Gasteiger partial charge is 0.332 e. The third-order valence-electron chi connectivity index (χ3n) is 4.49. The van der Waals surface area contributed by atoms with Gasteiger partial charge in [-0.1, -0.05) is 25.1 Å². The van der Waals surface area contributed by atoms with E-state index in [4.69, 9.17) is 4.98 Å². The molecule has 4 rings (SSSR count). The second-order valence-corrected chi connectivity index (χ2v) is 9.05. The molecule has 0 saturated carbocycles. The molecule has 1 aromatic carbocycles. The lowest BCUT2D eigenvalue weighted by molar-refractivity contribution is 0.586. The van der Waals surface area contributed by atoms with Crippen LogP contribution in [0.4, 0.5) is 11.6 Å². The van der Waals surface area contributed by atoms with Gasteiger partial charge >= 0.3 is 0 Å². The standard InChI is InChI=1S/C17H18N4O2S2/c1-3-12(2)20-11-21(25(22,23)15-9-6-10-24-15)17-16(20)18-13-7-4-5-8-14(13)19-17/h4-10,12H,3,11H2,1-2H3/t12-/m0/s1. The highest BCUT2D eigenvalue weighted by Crippen LogP contribution is 2.39. The lowest BCUT2D eigenvalue weighted by Crippen LogP contribution is -2.39. The van der Waals surface area contributed by atoms with E-state index in [9.17, 15) is 8.42 Å². The normalized spacial score (nSPS) is 15.6. The molecule has 0 aliphatic carbocycles. The fourth-order valence-corrected chi connectivity index (χ4v) is 5.36. The fourth-order valence-electron chi connectivity index (χ4n) is 2.89. The fraction of sp³-hybridized carbons (Fsp3) is 0.294. The van der Waals surface area contributed by atoms with Crippen LogP contribution in [0.15, 0.2) is 46.0 Å². The predicted octanol–water partition coefficient (Wildman–Crippen LogP) is 3.46. The van der Waals surface area contributed by atoms with Crippen molar-refractivity contribution in [2.24, 2.45) is 0 Å². The molecule has 3 aromatic rings. The summed E-state index contributed by atoms with van der Waals surface area (Å²) >= 11 is 1.21. The maximum atomic E-state index is 13.1. The molecule has 6 nitrogen and oxygen atoms in total. The van der Waals surface area contributed by atoms with Gasteiger partial charge < -0.3 is 4.90 Å². The van der Waals surface area contributed by atoms with Gasteiger partial charge in [-0.15, -0.1) is 11.3 Å². The summed E-state index contributed by atoms with van der Waals surface area (Å²) in [4.78, 5) is 11.4. The van der Waals surface area contributed by atoms with Gasteiger partial charge in [0.25, 0.3) is 10.0 Å². The lowest BCUT2D eigenvalue weighted by atomic mass is 10.2. The maximum absolute atomic E-state index is 13.1. The molecule has 8 heteroatoms. The smallest absolute Gasteiger partial charge is 0.276 e. The van der Waals surface area contributed by atoms with Gasteiger partial charge in [-0.2, -0.15) is 0 Å². The third-order valence-corrected chi connectivity index (χ3v) is 7.58. The number of sulfonamides is 1. The first-order valence-electron chi connectivity index (χ1n) is 8.12. The summed E-state index contributed by atoms with van der Waals surface area (Å²) < 4.78 is 27.9. The molecule has 0 radical (unpaired) electrons. The van der Waals surface area contributed by atoms with E-state index < -0.39 is 10.0 Å². The van der Waals surface area contributed by atoms with Gasteiger partial charge in [0.1, 0.15) is 10.9 Å². The number of hydrogen-bond acceptors (Lipinski definition) is 6. The van der Waals surface area contributed by atoms with Gasteiger partial charge in [0.15, 0.2) is 11.6 Å². The van der Waals surface area contributed by atoms with Crippen LogP contribution in [-0.2, 0) is 10.0 Å². The topological polar surface area (TPSA) is 66.4 Å². The van der Waals surface area contributed by atoms with Crippen molar-refractivity contribution in [1.82, 2.24) is 9.97 Å². The predicted molar refractivity (Wildman–Crippen MR) is 101 cm³/mol. The highest BCUT2D eigenvalue weighted by Gasteiger charge is 2.39. The van der Waals surface area contributed by atoms with Crippen molar-refractivity contribution < 1.29 is 8.42 Å². The first-order chi connectivity index (χ1) is 12.0. The first kappa shape index (κ1) is 16.3. The molecule has 25 heavy (non-hydrogen) atoms. The monoisotopic (exact) mass is 374 g/mol. The van der Waals surface area contributed by atoms with E-state index in [0.29, 0.717) is 21.4 Å². The number of benzene rings is 1. The number of fused-ring (bicyclic) bond motifs is 2. The van der Waals surface area contributed by atoms with Crippen LogP contribution in [0.5, 0.6) is 0 Å². The Morgan fingerprint density at radius 3 is 2.40 bits per heavy atom. The quantitative estimate of drug-likeness (QED) is 0.700. The van der Waals surface area contributed by atoms with E-state index in [1.807, 2.05) is 29.2 Å². The van der Waals surface area contributed by atoms with Crippen molar-refractivity contribution in [1.29, 1.82) is 0 Å². The van der Waals surface area contributed by atoms with Crippen molar-refractivity contribution in [3.63, 3.8) is 0 Å². The summed E-state index contributed by atoms with van der Waals surface area (Å²) in [6, 6.07) is 11.1. The van der Waals surface area contributed by atoms with Gasteiger partial charge in [-0.25, -0.2) is 22.7 Å². The van der Waals surface area contributed by atoms with Gasteiger partial charge in [-0.05, 0) is 36.9 Å². The number of para-hydroxylation sites is 2. The summed E-state index contributed by atoms with van der Waals surface area (Å²) in [5.74, 6) is 1.04. The van der Waals surface area contributed by atoms with Gasteiger partial charge in [0.05, 0.1) is 11.0 Å². The SMILES string of the molecule is CC[C@H](C)N1CN(S(=O)(=O)c2cccs2)c2nc3ccccc3nc21. The highest BCUT2D eigenvalue weighted by atomic mass is 32.2. The summed E-state index contributed by atoms with van der Waals surface area (Å²) in [6.07, 6.45) is 0.890. The van der Waals surface area contributed by atoms with Crippen molar-refractivity contribution in [3.05, 3.63) is 41.8 Å². The maximum Gasteiger partial charge on any atom is 0.276 e. The Morgan fingerprint density at radius 2 is 1.80 bits per heavy atom. The Hall–Kier alpha value is -2.19. The number of hydrogen-bond donors (Lipinski definition) is 0. The lowest BCUT2D eigenvalue weighted by Gasteiger charge is -2.25. The molecule has 3 heterocycles. The van der Waals surface area contributed by atoms with Crippen LogP contribution in [0, 0.1) is 0 Å². The van der Waals surface area contributed by atoms with Crippen LogP contribution >= 0.6 is 11.3 Å². The average Bonchev–Trinajstić information content (AvgIpc) is 3.27. The molecule has 130 valence electrons. The zero-order valence-electron chi connectivity index (χ0n) is 14.0. The van der Waals surface area contributed by atoms with Crippen molar-refractivity contribution in [3.8, 4) is 0 Å². The molecule has 0 N–H and O–H groups in total. The van der Waals surface area contributed by atoms with Gasteiger partial charge in [0.2, 0.25) is 0 Å². The van der Waals surface area contributed by atoms with E-state index in [1.165, 1.54) is 15.6 Å². The van der Waals surface area contributed by atoms with E-state index in [1.54, 1.807) is 17.5 Å². The molecule has 0 amide bonds. The Morgan fingerprint density at radius 1 is 1.12 bits per heavy atom. The van der Waals surface area contributed by atoms with Gasteiger partial charge in [-0.3, -0.25) is 0 Å². The summed E-state index contributed by atoms with van der Waals surface area (Å²) in [5, 5.41) is 1.77. The van der Waals surface area contributed by atoms with Crippen molar-refractivity contribution in [2.75, 3.05) is 15.9 Å². The Balaban J connectivity index is 1.91. The molecule has 1 aliphatic rings. The van der Waals surface area contributed by atoms with E-state index in [2.05, 4.69) is 18.8 Å². The molecule has 0 fully saturated rings. The van der Waals surface area contributed by atoms with E-state index >= 15 is 0 Å². The second kappa shape index (κ2) is 5.96. The zero-order chi connectivity index (χ0) is 17.6. The molecular formula is C17H18N4O2S2. The van der Waals surface area contributed by atoms with Crippen LogP contribution in [0.2, 0.25) is 0 Å². The van der Waals surface area contributed by atoms with E-state index in [-0.39, 0.29) is 12.7 Å². The number of rotatable bonds is 4. The van der Waals surface area contributed by atoms with Crippen molar-refractivity contribution in [2.45, 2.75) is 30.5 Å². The van der Waals surface area contributed by atoms with Crippen LogP contribution in [0.25, 0.3) is 11.0 Å². The van der Waals surface area contributed by atoms with Crippen LogP contribution in [0.3, 0.4) is 0 Å². The molecular weight excluding hydrogens is 356 g/mol. The number of aromatic nitrogens is 2. The molecule has 0 saturated heterocycles. The minimum Gasteiger partial charge on any atom is -0.332 e. The third kappa shape index (κ3) is 2.56. The minimum absolute atomic E-state index is 0.165. The Bertz CT molecular complexity index is 1020. The molecule has 0 bridgehead atoms. The molecule has 2 aromatic heterocycles.